The van der Waals surface area contributed by atoms with Crippen molar-refractivity contribution in [3.05, 3.63) is 34.6 Å². The third-order valence-electron chi connectivity index (χ3n) is 1.44. The lowest BCUT2D eigenvalue weighted by Crippen LogP contribution is -2.13. The topological polar surface area (TPSA) is 0 Å². The molecule has 0 radical (unpaired) electrons. The molecule has 0 amide bonds. The van der Waals surface area contributed by atoms with Crippen LogP contribution >= 0.6 is 11.6 Å². The van der Waals surface area contributed by atoms with E-state index in [2.05, 4.69) is 0 Å². The zero-order chi connectivity index (χ0) is 10.1. The van der Waals surface area contributed by atoms with Crippen molar-refractivity contribution in [2.45, 2.75) is 12.6 Å². The molecule has 0 aliphatic heterocycles. The van der Waals surface area contributed by atoms with Crippen LogP contribution in [0.15, 0.2) is 18.2 Å². The lowest BCUT2D eigenvalue weighted by Gasteiger charge is -2.08. The first-order valence-corrected chi connectivity index (χ1v) is 3.77. The van der Waals surface area contributed by atoms with Gasteiger partial charge in [0, 0.05) is 10.6 Å². The minimum absolute atomic E-state index is 0.197. The summed E-state index contributed by atoms with van der Waals surface area (Å²) in [5.41, 5.74) is -0.503. The maximum atomic E-state index is 12.8. The summed E-state index contributed by atoms with van der Waals surface area (Å²) < 4.78 is 48.4. The Hall–Kier alpha value is -0.770. The van der Waals surface area contributed by atoms with Gasteiger partial charge in [0.2, 0.25) is 0 Å². The summed E-state index contributed by atoms with van der Waals surface area (Å²) >= 11 is 5.40. The van der Waals surface area contributed by atoms with Gasteiger partial charge in [0.25, 0.3) is 0 Å². The number of hydrogen-bond donors (Lipinski definition) is 0. The van der Waals surface area contributed by atoms with Gasteiger partial charge in [0.1, 0.15) is 5.82 Å². The number of alkyl halides is 3. The third-order valence-corrected chi connectivity index (χ3v) is 1.79. The standard InChI is InChI=1S/C8H5ClF4/c9-6-2-1-3-7(10)5(6)4-8(11,12)13/h1-3H,4H2. The Morgan fingerprint density at radius 3 is 2.31 bits per heavy atom. The summed E-state index contributed by atoms with van der Waals surface area (Å²) in [4.78, 5) is 0. The second-order valence-corrected chi connectivity index (χ2v) is 2.90. The van der Waals surface area contributed by atoms with Crippen LogP contribution in [0, 0.1) is 5.82 Å². The molecule has 0 saturated heterocycles. The van der Waals surface area contributed by atoms with Gasteiger partial charge >= 0.3 is 6.18 Å². The highest BCUT2D eigenvalue weighted by molar-refractivity contribution is 6.31. The van der Waals surface area contributed by atoms with Crippen molar-refractivity contribution >= 4 is 11.6 Å². The average Bonchev–Trinajstić information content (AvgIpc) is 1.95. The number of rotatable bonds is 1. The minimum Gasteiger partial charge on any atom is -0.207 e. The molecular formula is C8H5ClF4. The lowest BCUT2D eigenvalue weighted by atomic mass is 10.1. The Morgan fingerprint density at radius 1 is 1.23 bits per heavy atom. The molecule has 1 rings (SSSR count). The Labute approximate surface area is 77.1 Å². The van der Waals surface area contributed by atoms with Gasteiger partial charge in [-0.05, 0) is 12.1 Å². The van der Waals surface area contributed by atoms with E-state index in [1.807, 2.05) is 0 Å². The van der Waals surface area contributed by atoms with E-state index in [4.69, 9.17) is 11.6 Å². The fraction of sp³-hybridized carbons (Fsp3) is 0.250. The molecule has 0 heterocycles. The minimum atomic E-state index is -4.44. The summed E-state index contributed by atoms with van der Waals surface area (Å²) in [6, 6.07) is 3.44. The molecule has 0 aliphatic carbocycles. The quantitative estimate of drug-likeness (QED) is 0.624. The third kappa shape index (κ3) is 2.88. The van der Waals surface area contributed by atoms with E-state index in [1.54, 1.807) is 0 Å². The van der Waals surface area contributed by atoms with Crippen LogP contribution in [0.1, 0.15) is 5.56 Å². The van der Waals surface area contributed by atoms with Crippen molar-refractivity contribution in [1.29, 1.82) is 0 Å². The maximum absolute atomic E-state index is 12.8. The van der Waals surface area contributed by atoms with Crippen molar-refractivity contribution in [2.75, 3.05) is 0 Å². The lowest BCUT2D eigenvalue weighted by molar-refractivity contribution is -0.127. The molecule has 0 bridgehead atoms. The Kier molecular flexibility index (Phi) is 2.81. The predicted octanol–water partition coefficient (Wildman–Crippen LogP) is 3.58. The molecule has 0 saturated carbocycles. The van der Waals surface area contributed by atoms with Gasteiger partial charge in [0.15, 0.2) is 0 Å². The van der Waals surface area contributed by atoms with Crippen LogP contribution < -0.4 is 0 Å². The second kappa shape index (κ2) is 3.54. The van der Waals surface area contributed by atoms with E-state index in [0.29, 0.717) is 0 Å². The monoisotopic (exact) mass is 212 g/mol. The fourth-order valence-corrected chi connectivity index (χ4v) is 1.13. The maximum Gasteiger partial charge on any atom is 0.393 e. The van der Waals surface area contributed by atoms with E-state index < -0.39 is 24.0 Å². The van der Waals surface area contributed by atoms with Gasteiger partial charge in [-0.1, -0.05) is 17.7 Å². The molecule has 1 aromatic rings. The van der Waals surface area contributed by atoms with Crippen LogP contribution in [0.3, 0.4) is 0 Å². The molecule has 5 heteroatoms. The smallest absolute Gasteiger partial charge is 0.207 e. The molecule has 1 aromatic carbocycles. The SMILES string of the molecule is Fc1cccc(Cl)c1CC(F)(F)F. The molecule has 0 N–H and O–H groups in total. The molecule has 13 heavy (non-hydrogen) atoms. The Morgan fingerprint density at radius 2 is 1.85 bits per heavy atom. The zero-order valence-electron chi connectivity index (χ0n) is 6.33. The first kappa shape index (κ1) is 10.3. The average molecular weight is 213 g/mol. The van der Waals surface area contributed by atoms with Gasteiger partial charge in [-0.15, -0.1) is 0 Å². The summed E-state index contributed by atoms with van der Waals surface area (Å²) in [6.45, 7) is 0. The first-order chi connectivity index (χ1) is 5.90. The zero-order valence-corrected chi connectivity index (χ0v) is 7.08. The van der Waals surface area contributed by atoms with Crippen molar-refractivity contribution < 1.29 is 17.6 Å². The number of benzene rings is 1. The number of hydrogen-bond acceptors (Lipinski definition) is 0. The molecule has 0 nitrogen and oxygen atoms in total. The van der Waals surface area contributed by atoms with E-state index in [1.165, 1.54) is 12.1 Å². The van der Waals surface area contributed by atoms with Crippen LogP contribution in [-0.2, 0) is 6.42 Å². The summed E-state index contributed by atoms with van der Waals surface area (Å²) in [5, 5.41) is -0.197. The van der Waals surface area contributed by atoms with Crippen LogP contribution in [0.4, 0.5) is 17.6 Å². The van der Waals surface area contributed by atoms with Crippen LogP contribution in [0.5, 0.6) is 0 Å². The van der Waals surface area contributed by atoms with Crippen molar-refractivity contribution in [1.82, 2.24) is 0 Å². The molecule has 0 atom stereocenters. The van der Waals surface area contributed by atoms with Gasteiger partial charge in [-0.3, -0.25) is 0 Å². The number of halogens is 5. The summed E-state index contributed by atoms with van der Waals surface area (Å²) in [7, 11) is 0. The first-order valence-electron chi connectivity index (χ1n) is 3.40. The fourth-order valence-electron chi connectivity index (χ4n) is 0.902. The largest absolute Gasteiger partial charge is 0.393 e. The van der Waals surface area contributed by atoms with E-state index in [-0.39, 0.29) is 5.02 Å². The molecule has 0 fully saturated rings. The Bertz CT molecular complexity index is 285. The second-order valence-electron chi connectivity index (χ2n) is 2.49. The molecule has 0 spiro atoms. The molecular weight excluding hydrogens is 208 g/mol. The summed E-state index contributed by atoms with van der Waals surface area (Å²) in [6.07, 6.45) is -5.77. The van der Waals surface area contributed by atoms with E-state index in [0.717, 1.165) is 6.07 Å². The highest BCUT2D eigenvalue weighted by Crippen LogP contribution is 2.27. The van der Waals surface area contributed by atoms with Gasteiger partial charge in [-0.25, -0.2) is 4.39 Å². The van der Waals surface area contributed by atoms with Crippen LogP contribution in [0.25, 0.3) is 0 Å². The van der Waals surface area contributed by atoms with Gasteiger partial charge < -0.3 is 0 Å². The molecule has 0 aliphatic rings. The molecule has 0 unspecified atom stereocenters. The predicted molar refractivity (Wildman–Crippen MR) is 41.2 cm³/mol. The van der Waals surface area contributed by atoms with Gasteiger partial charge in [-0.2, -0.15) is 13.2 Å². The molecule has 72 valence electrons. The summed E-state index contributed by atoms with van der Waals surface area (Å²) in [5.74, 6) is -0.926. The normalized spacial score (nSPS) is 11.8. The van der Waals surface area contributed by atoms with E-state index in [9.17, 15) is 17.6 Å². The van der Waals surface area contributed by atoms with Crippen molar-refractivity contribution in [3.8, 4) is 0 Å². The van der Waals surface area contributed by atoms with Crippen LogP contribution in [0.2, 0.25) is 5.02 Å². The van der Waals surface area contributed by atoms with Gasteiger partial charge in [0.05, 0.1) is 6.42 Å². The van der Waals surface area contributed by atoms with Crippen molar-refractivity contribution in [2.24, 2.45) is 0 Å². The Balaban J connectivity index is 3.00. The molecule has 0 aromatic heterocycles. The highest BCUT2D eigenvalue weighted by Gasteiger charge is 2.30. The van der Waals surface area contributed by atoms with Crippen molar-refractivity contribution in [3.63, 3.8) is 0 Å². The van der Waals surface area contributed by atoms with Crippen LogP contribution in [-0.4, -0.2) is 6.18 Å². The van der Waals surface area contributed by atoms with E-state index >= 15 is 0 Å². The highest BCUT2D eigenvalue weighted by atomic mass is 35.5.